The molecule has 0 radical (unpaired) electrons. The average molecular weight is 443 g/mol. The van der Waals surface area contributed by atoms with Gasteiger partial charge < -0.3 is 24.2 Å². The van der Waals surface area contributed by atoms with Gasteiger partial charge in [-0.15, -0.1) is 0 Å². The van der Waals surface area contributed by atoms with Crippen molar-refractivity contribution in [3.63, 3.8) is 0 Å². The summed E-state index contributed by atoms with van der Waals surface area (Å²) in [5, 5.41) is 11.3. The van der Waals surface area contributed by atoms with Crippen molar-refractivity contribution in [2.24, 2.45) is 0 Å². The van der Waals surface area contributed by atoms with Gasteiger partial charge in [-0.1, -0.05) is 18.2 Å². The molecule has 2 aromatic carbocycles. The molecule has 0 aliphatic carbocycles. The summed E-state index contributed by atoms with van der Waals surface area (Å²) in [6.45, 7) is 4.03. The lowest BCUT2D eigenvalue weighted by atomic mass is 9.94. The predicted molar refractivity (Wildman–Crippen MR) is 116 cm³/mol. The van der Waals surface area contributed by atoms with Crippen LogP contribution >= 0.6 is 0 Å². The first-order valence-electron chi connectivity index (χ1n) is 10.2. The van der Waals surface area contributed by atoms with Crippen LogP contribution < -0.4 is 9.47 Å². The van der Waals surface area contributed by atoms with Crippen molar-refractivity contribution in [2.75, 3.05) is 27.4 Å². The van der Waals surface area contributed by atoms with Crippen molar-refractivity contribution in [3.8, 4) is 11.5 Å². The zero-order chi connectivity index (χ0) is 23.4. The number of Topliss-reactive ketones (excluding diaryl/α,β-unsaturated/α-hetero) is 1. The van der Waals surface area contributed by atoms with Gasteiger partial charge in [0.05, 0.1) is 38.5 Å². The Bertz CT molecular complexity index is 1010. The summed E-state index contributed by atoms with van der Waals surface area (Å²) in [7, 11) is 2.84. The van der Waals surface area contributed by atoms with E-state index in [-0.39, 0.29) is 41.9 Å². The van der Waals surface area contributed by atoms with Crippen LogP contribution in [0.2, 0.25) is 0 Å². The SMILES string of the molecule is COc1cccc(OC)c1/C(O)=C1\C(=O)C(=O)N(CCOC(C)C)C1c1ccc(F)cc1. The van der Waals surface area contributed by atoms with E-state index in [0.29, 0.717) is 5.56 Å². The normalized spacial score (nSPS) is 17.8. The van der Waals surface area contributed by atoms with Crippen LogP contribution in [0.15, 0.2) is 48.0 Å². The number of hydrogen-bond donors (Lipinski definition) is 1. The van der Waals surface area contributed by atoms with Crippen molar-refractivity contribution in [3.05, 3.63) is 65.0 Å². The highest BCUT2D eigenvalue weighted by atomic mass is 19.1. The lowest BCUT2D eigenvalue weighted by Crippen LogP contribution is -2.33. The van der Waals surface area contributed by atoms with Crippen LogP contribution in [0.25, 0.3) is 5.76 Å². The molecule has 1 saturated heterocycles. The number of amides is 1. The Morgan fingerprint density at radius 1 is 1.06 bits per heavy atom. The Hall–Kier alpha value is -3.39. The Kier molecular flexibility index (Phi) is 7.15. The number of aliphatic hydroxyl groups is 1. The molecule has 1 heterocycles. The number of carbonyl (C=O) groups is 2. The molecule has 8 heteroatoms. The number of likely N-dealkylation sites (tertiary alicyclic amines) is 1. The number of rotatable bonds is 8. The maximum atomic E-state index is 13.6. The third-order valence-corrected chi connectivity index (χ3v) is 5.17. The Morgan fingerprint density at radius 3 is 2.19 bits per heavy atom. The minimum Gasteiger partial charge on any atom is -0.506 e. The van der Waals surface area contributed by atoms with Gasteiger partial charge in [-0.05, 0) is 43.7 Å². The molecule has 0 spiro atoms. The van der Waals surface area contributed by atoms with Gasteiger partial charge in [-0.2, -0.15) is 0 Å². The number of benzene rings is 2. The highest BCUT2D eigenvalue weighted by molar-refractivity contribution is 6.46. The largest absolute Gasteiger partial charge is 0.506 e. The zero-order valence-electron chi connectivity index (χ0n) is 18.4. The summed E-state index contributed by atoms with van der Waals surface area (Å²) < 4.78 is 29.8. The molecular formula is C24H26FNO6. The summed E-state index contributed by atoms with van der Waals surface area (Å²) in [6.07, 6.45) is -0.0612. The maximum Gasteiger partial charge on any atom is 0.295 e. The van der Waals surface area contributed by atoms with E-state index in [2.05, 4.69) is 0 Å². The first kappa shape index (κ1) is 23.3. The molecule has 1 unspecified atom stereocenters. The van der Waals surface area contributed by atoms with Crippen molar-refractivity contribution in [1.82, 2.24) is 4.90 Å². The number of ether oxygens (including phenoxy) is 3. The fraction of sp³-hybridized carbons (Fsp3) is 0.333. The average Bonchev–Trinajstić information content (AvgIpc) is 3.03. The van der Waals surface area contributed by atoms with Crippen molar-refractivity contribution in [1.29, 1.82) is 0 Å². The quantitative estimate of drug-likeness (QED) is 0.381. The second-order valence-electron chi connectivity index (χ2n) is 7.50. The third kappa shape index (κ3) is 4.45. The summed E-state index contributed by atoms with van der Waals surface area (Å²) in [5.74, 6) is -1.97. The third-order valence-electron chi connectivity index (χ3n) is 5.17. The van der Waals surface area contributed by atoms with Gasteiger partial charge in [0.1, 0.15) is 28.6 Å². The summed E-state index contributed by atoms with van der Waals surface area (Å²) in [5.41, 5.74) is 0.501. The number of hydrogen-bond acceptors (Lipinski definition) is 6. The van der Waals surface area contributed by atoms with E-state index < -0.39 is 29.3 Å². The molecule has 2 aromatic rings. The monoisotopic (exact) mass is 443 g/mol. The number of halogens is 1. The van der Waals surface area contributed by atoms with Crippen molar-refractivity contribution >= 4 is 17.4 Å². The second-order valence-corrected chi connectivity index (χ2v) is 7.50. The maximum absolute atomic E-state index is 13.6. The van der Waals surface area contributed by atoms with E-state index in [1.165, 1.54) is 43.4 Å². The second kappa shape index (κ2) is 9.82. The van der Waals surface area contributed by atoms with E-state index in [1.54, 1.807) is 18.2 Å². The van der Waals surface area contributed by atoms with Crippen LogP contribution in [0.4, 0.5) is 4.39 Å². The topological polar surface area (TPSA) is 85.3 Å². The molecule has 3 rings (SSSR count). The fourth-order valence-electron chi connectivity index (χ4n) is 3.71. The van der Waals surface area contributed by atoms with E-state index in [1.807, 2.05) is 13.8 Å². The summed E-state index contributed by atoms with van der Waals surface area (Å²) >= 11 is 0. The highest BCUT2D eigenvalue weighted by Gasteiger charge is 2.46. The molecular weight excluding hydrogens is 417 g/mol. The molecule has 1 aliphatic rings. The number of aliphatic hydroxyl groups excluding tert-OH is 1. The standard InChI is InChI=1S/C24H26FNO6/c1-14(2)32-13-12-26-21(15-8-10-16(25)11-9-15)20(23(28)24(26)29)22(27)19-17(30-3)6-5-7-18(19)31-4/h5-11,14,21,27H,12-13H2,1-4H3/b22-20+. The van der Waals surface area contributed by atoms with Crippen LogP contribution in [0.5, 0.6) is 11.5 Å². The van der Waals surface area contributed by atoms with E-state index in [4.69, 9.17) is 14.2 Å². The summed E-state index contributed by atoms with van der Waals surface area (Å²) in [4.78, 5) is 27.3. The highest BCUT2D eigenvalue weighted by Crippen LogP contribution is 2.43. The van der Waals surface area contributed by atoms with Crippen molar-refractivity contribution in [2.45, 2.75) is 26.0 Å². The van der Waals surface area contributed by atoms with Crippen LogP contribution in [0.1, 0.15) is 31.0 Å². The van der Waals surface area contributed by atoms with Gasteiger partial charge in [0.2, 0.25) is 0 Å². The van der Waals surface area contributed by atoms with Gasteiger partial charge in [0.15, 0.2) is 0 Å². The number of carbonyl (C=O) groups excluding carboxylic acids is 2. The molecule has 1 amide bonds. The molecule has 7 nitrogen and oxygen atoms in total. The minimum atomic E-state index is -0.930. The van der Waals surface area contributed by atoms with Gasteiger partial charge in [-0.3, -0.25) is 9.59 Å². The van der Waals surface area contributed by atoms with Crippen LogP contribution in [0.3, 0.4) is 0 Å². The Balaban J connectivity index is 2.19. The van der Waals surface area contributed by atoms with Crippen LogP contribution in [-0.4, -0.2) is 55.2 Å². The minimum absolute atomic E-state index is 0.0612. The molecule has 1 aliphatic heterocycles. The van der Waals surface area contributed by atoms with Gasteiger partial charge in [0, 0.05) is 6.54 Å². The van der Waals surface area contributed by atoms with Crippen LogP contribution in [0, 0.1) is 5.82 Å². The lowest BCUT2D eigenvalue weighted by Gasteiger charge is -2.26. The Labute approximate surface area is 186 Å². The number of ketones is 1. The molecule has 170 valence electrons. The van der Waals surface area contributed by atoms with Gasteiger partial charge in [0.25, 0.3) is 11.7 Å². The number of methoxy groups -OCH3 is 2. The van der Waals surface area contributed by atoms with E-state index in [9.17, 15) is 19.1 Å². The molecule has 1 atom stereocenters. The first-order valence-corrected chi connectivity index (χ1v) is 10.2. The Morgan fingerprint density at radius 2 is 1.66 bits per heavy atom. The molecule has 32 heavy (non-hydrogen) atoms. The lowest BCUT2D eigenvalue weighted by molar-refractivity contribution is -0.140. The summed E-state index contributed by atoms with van der Waals surface area (Å²) in [6, 6.07) is 9.40. The zero-order valence-corrected chi connectivity index (χ0v) is 18.4. The molecule has 1 fully saturated rings. The molecule has 0 aromatic heterocycles. The molecule has 0 saturated carbocycles. The van der Waals surface area contributed by atoms with Gasteiger partial charge in [-0.25, -0.2) is 4.39 Å². The van der Waals surface area contributed by atoms with Gasteiger partial charge >= 0.3 is 0 Å². The van der Waals surface area contributed by atoms with E-state index in [0.717, 1.165) is 0 Å². The molecule has 0 bridgehead atoms. The smallest absolute Gasteiger partial charge is 0.295 e. The molecule has 1 N–H and O–H groups in total. The van der Waals surface area contributed by atoms with Crippen LogP contribution in [-0.2, 0) is 14.3 Å². The van der Waals surface area contributed by atoms with E-state index >= 15 is 0 Å². The van der Waals surface area contributed by atoms with Crippen molar-refractivity contribution < 1.29 is 33.3 Å². The predicted octanol–water partition coefficient (Wildman–Crippen LogP) is 3.69. The number of nitrogens with zero attached hydrogens (tertiary/aromatic N) is 1. The first-order chi connectivity index (χ1) is 15.3. The fourth-order valence-corrected chi connectivity index (χ4v) is 3.71.